The Labute approximate surface area is 210 Å². The molecule has 1 fully saturated rings. The minimum atomic E-state index is -0.798. The number of rotatable bonds is 10. The first-order chi connectivity index (χ1) is 16.6. The van der Waals surface area contributed by atoms with E-state index < -0.39 is 17.1 Å². The van der Waals surface area contributed by atoms with E-state index in [1.807, 2.05) is 75.4 Å². The van der Waals surface area contributed by atoms with Crippen molar-refractivity contribution in [1.29, 1.82) is 0 Å². The number of piperidine rings is 1. The Morgan fingerprint density at radius 2 is 1.66 bits per heavy atom. The zero-order chi connectivity index (χ0) is 25.6. The Bertz CT molecular complexity index is 935. The molecule has 2 aromatic rings. The Hall–Kier alpha value is -2.25. The number of carbonyl (C=O) groups is 1. The summed E-state index contributed by atoms with van der Waals surface area (Å²) in [5.74, 6) is 0.132. The van der Waals surface area contributed by atoms with Crippen molar-refractivity contribution < 1.29 is 19.8 Å². The third-order valence-electron chi connectivity index (χ3n) is 7.80. The molecule has 2 aromatic carbocycles. The normalized spacial score (nSPS) is 18.1. The average Bonchev–Trinajstić information content (AvgIpc) is 2.88. The summed E-state index contributed by atoms with van der Waals surface area (Å²) in [6.45, 7) is 8.57. The van der Waals surface area contributed by atoms with Gasteiger partial charge in [-0.3, -0.25) is 9.63 Å². The third kappa shape index (κ3) is 6.50. The molecule has 2 N–H and O–H groups in total. The second-order valence-electron chi connectivity index (χ2n) is 10.5. The molecule has 192 valence electrons. The summed E-state index contributed by atoms with van der Waals surface area (Å²) in [6.07, 6.45) is 3.01. The smallest absolute Gasteiger partial charge is 0.255 e. The van der Waals surface area contributed by atoms with Crippen LogP contribution in [0.1, 0.15) is 69.2 Å². The number of hydrogen-bond donors (Lipinski definition) is 2. The maximum atomic E-state index is 12.6. The first-order valence-corrected chi connectivity index (χ1v) is 12.7. The van der Waals surface area contributed by atoms with E-state index >= 15 is 0 Å². The molecule has 1 saturated heterocycles. The van der Waals surface area contributed by atoms with Gasteiger partial charge in [0.1, 0.15) is 0 Å². The van der Waals surface area contributed by atoms with E-state index in [0.717, 1.165) is 55.6 Å². The number of hydroxylamine groups is 2. The minimum Gasteiger partial charge on any atom is -0.388 e. The van der Waals surface area contributed by atoms with E-state index in [-0.39, 0.29) is 11.8 Å². The van der Waals surface area contributed by atoms with E-state index in [1.54, 1.807) is 7.05 Å². The van der Waals surface area contributed by atoms with Gasteiger partial charge in [-0.25, -0.2) is 5.06 Å². The molecule has 35 heavy (non-hydrogen) atoms. The third-order valence-corrected chi connectivity index (χ3v) is 7.80. The van der Waals surface area contributed by atoms with Crippen molar-refractivity contribution in [3.63, 3.8) is 0 Å². The van der Waals surface area contributed by atoms with Crippen LogP contribution in [0.15, 0.2) is 54.6 Å². The van der Waals surface area contributed by atoms with Crippen LogP contribution in [0.4, 0.5) is 0 Å². The van der Waals surface area contributed by atoms with Crippen LogP contribution in [0, 0.1) is 5.92 Å². The molecule has 0 spiro atoms. The molecule has 2 atom stereocenters. The Morgan fingerprint density at radius 1 is 1.06 bits per heavy atom. The largest absolute Gasteiger partial charge is 0.388 e. The molecular formula is C29H42N2O4. The maximum Gasteiger partial charge on any atom is 0.255 e. The highest BCUT2D eigenvalue weighted by Crippen LogP contribution is 2.36. The van der Waals surface area contributed by atoms with Gasteiger partial charge in [0.05, 0.1) is 24.2 Å². The predicted octanol–water partition coefficient (Wildman–Crippen LogP) is 4.42. The van der Waals surface area contributed by atoms with Crippen LogP contribution in [0.5, 0.6) is 0 Å². The monoisotopic (exact) mass is 482 g/mol. The van der Waals surface area contributed by atoms with Gasteiger partial charge in [0.15, 0.2) is 0 Å². The van der Waals surface area contributed by atoms with E-state index in [0.29, 0.717) is 6.42 Å². The first-order valence-electron chi connectivity index (χ1n) is 12.7. The average molecular weight is 483 g/mol. The molecule has 0 aliphatic carbocycles. The zero-order valence-electron chi connectivity index (χ0n) is 21.9. The van der Waals surface area contributed by atoms with E-state index in [2.05, 4.69) is 4.90 Å². The molecule has 6 nitrogen and oxygen atoms in total. The van der Waals surface area contributed by atoms with Crippen LogP contribution in [-0.4, -0.2) is 59.9 Å². The lowest BCUT2D eigenvalue weighted by Gasteiger charge is -2.40. The molecular weight excluding hydrogens is 440 g/mol. The highest BCUT2D eigenvalue weighted by molar-refractivity contribution is 5.86. The fraction of sp³-hybridized carbons (Fsp3) is 0.552. The fourth-order valence-electron chi connectivity index (χ4n) is 5.13. The number of likely N-dealkylation sites (N-methyl/N-ethyl adjacent to an activating group) is 1. The maximum absolute atomic E-state index is 12.6. The van der Waals surface area contributed by atoms with Crippen LogP contribution in [0.2, 0.25) is 0 Å². The summed E-state index contributed by atoms with van der Waals surface area (Å²) in [4.78, 5) is 20.1. The number of nitrogens with zero attached hydrogens (tertiary/aromatic N) is 2. The molecule has 0 bridgehead atoms. The van der Waals surface area contributed by atoms with E-state index in [9.17, 15) is 15.0 Å². The Morgan fingerprint density at radius 3 is 2.23 bits per heavy atom. The molecule has 0 radical (unpaired) electrons. The van der Waals surface area contributed by atoms with Gasteiger partial charge in [-0.2, -0.15) is 0 Å². The van der Waals surface area contributed by atoms with Crippen molar-refractivity contribution in [2.24, 2.45) is 5.92 Å². The highest BCUT2D eigenvalue weighted by Gasteiger charge is 2.36. The summed E-state index contributed by atoms with van der Waals surface area (Å²) < 4.78 is 0. The standard InChI is InChI=1S/C29H42N2O4/c1-28(2,27(33)30(4)35-5)23-15-13-22(14-16-23)26(32)12-9-19-31-20-17-25(18-21-31)29(3,34)24-10-7-6-8-11-24/h6-8,10-11,13-16,25-26,32,34H,9,12,17-21H2,1-5H3. The lowest BCUT2D eigenvalue weighted by Crippen LogP contribution is -2.42. The number of aliphatic hydroxyl groups is 2. The lowest BCUT2D eigenvalue weighted by atomic mass is 9.77. The summed E-state index contributed by atoms with van der Waals surface area (Å²) >= 11 is 0. The second-order valence-corrected chi connectivity index (χ2v) is 10.5. The van der Waals surface area contributed by atoms with Crippen LogP contribution in [-0.2, 0) is 20.6 Å². The second kappa shape index (κ2) is 11.7. The van der Waals surface area contributed by atoms with Gasteiger partial charge >= 0.3 is 0 Å². The van der Waals surface area contributed by atoms with Gasteiger partial charge < -0.3 is 15.1 Å². The first kappa shape index (κ1) is 27.3. The quantitative estimate of drug-likeness (QED) is 0.491. The number of benzene rings is 2. The number of carbonyl (C=O) groups excluding carboxylic acids is 1. The zero-order valence-corrected chi connectivity index (χ0v) is 21.9. The van der Waals surface area contributed by atoms with Gasteiger partial charge in [0, 0.05) is 7.05 Å². The van der Waals surface area contributed by atoms with Gasteiger partial charge in [-0.05, 0) is 88.7 Å². The number of likely N-dealkylation sites (tertiary alicyclic amines) is 1. The van der Waals surface area contributed by atoms with Crippen molar-refractivity contribution in [1.82, 2.24) is 9.96 Å². The highest BCUT2D eigenvalue weighted by atomic mass is 16.7. The van der Waals surface area contributed by atoms with Crippen LogP contribution in [0.25, 0.3) is 0 Å². The van der Waals surface area contributed by atoms with Crippen LogP contribution in [0.3, 0.4) is 0 Å². The van der Waals surface area contributed by atoms with Gasteiger partial charge in [0.25, 0.3) is 5.91 Å². The van der Waals surface area contributed by atoms with Crippen molar-refractivity contribution in [3.05, 3.63) is 71.3 Å². The van der Waals surface area contributed by atoms with Crippen LogP contribution < -0.4 is 0 Å². The SMILES string of the molecule is CON(C)C(=O)C(C)(C)c1ccc(C(O)CCCN2CCC(C(C)(O)c3ccccc3)CC2)cc1. The Kier molecular flexibility index (Phi) is 9.11. The van der Waals surface area contributed by atoms with Gasteiger partial charge in [0.2, 0.25) is 0 Å². The summed E-state index contributed by atoms with van der Waals surface area (Å²) in [5.41, 5.74) is 1.23. The van der Waals surface area contributed by atoms with Crippen molar-refractivity contribution in [2.45, 2.75) is 63.6 Å². The number of amides is 1. The summed E-state index contributed by atoms with van der Waals surface area (Å²) in [6, 6.07) is 17.6. The number of aliphatic hydroxyl groups excluding tert-OH is 1. The van der Waals surface area contributed by atoms with Crippen molar-refractivity contribution in [2.75, 3.05) is 33.8 Å². The van der Waals surface area contributed by atoms with E-state index in [1.165, 1.54) is 12.2 Å². The molecule has 1 amide bonds. The van der Waals surface area contributed by atoms with Crippen LogP contribution >= 0.6 is 0 Å². The molecule has 1 aliphatic heterocycles. The molecule has 6 heteroatoms. The minimum absolute atomic E-state index is 0.123. The lowest BCUT2D eigenvalue weighted by molar-refractivity contribution is -0.174. The summed E-state index contributed by atoms with van der Waals surface area (Å²) in [5, 5.41) is 23.1. The predicted molar refractivity (Wildman–Crippen MR) is 139 cm³/mol. The van der Waals surface area contributed by atoms with E-state index in [4.69, 9.17) is 4.84 Å². The fourth-order valence-corrected chi connectivity index (χ4v) is 5.13. The van der Waals surface area contributed by atoms with Crippen molar-refractivity contribution >= 4 is 5.91 Å². The molecule has 1 heterocycles. The number of hydrogen-bond acceptors (Lipinski definition) is 5. The Balaban J connectivity index is 1.45. The van der Waals surface area contributed by atoms with Gasteiger partial charge in [-0.15, -0.1) is 0 Å². The molecule has 0 saturated carbocycles. The molecule has 0 aromatic heterocycles. The summed E-state index contributed by atoms with van der Waals surface area (Å²) in [7, 11) is 3.08. The molecule has 2 unspecified atom stereocenters. The molecule has 3 rings (SSSR count). The topological polar surface area (TPSA) is 73.2 Å². The molecule has 1 aliphatic rings. The van der Waals surface area contributed by atoms with Crippen molar-refractivity contribution in [3.8, 4) is 0 Å². The van der Waals surface area contributed by atoms with Gasteiger partial charge in [-0.1, -0.05) is 54.6 Å².